The van der Waals surface area contributed by atoms with Gasteiger partial charge < -0.3 is 15.0 Å². The predicted molar refractivity (Wildman–Crippen MR) is 133 cm³/mol. The fourth-order valence-corrected chi connectivity index (χ4v) is 4.77. The lowest BCUT2D eigenvalue weighted by molar-refractivity contribution is -0.145. The second-order valence-electron chi connectivity index (χ2n) is 7.94. The maximum Gasteiger partial charge on any atom is 0.310 e. The Bertz CT molecular complexity index is 859. The molecule has 1 heterocycles. The van der Waals surface area contributed by atoms with Gasteiger partial charge in [0.05, 0.1) is 24.5 Å². The summed E-state index contributed by atoms with van der Waals surface area (Å²) in [7, 11) is -0.498. The minimum Gasteiger partial charge on any atom is -0.469 e. The lowest BCUT2D eigenvalue weighted by atomic mass is 9.99. The Balaban J connectivity index is 0.00000480. The van der Waals surface area contributed by atoms with Crippen LogP contribution in [0.4, 0.5) is 0 Å². The minimum absolute atomic E-state index is 0. The van der Waals surface area contributed by atoms with E-state index in [9.17, 15) is 13.2 Å². The van der Waals surface area contributed by atoms with E-state index in [0.29, 0.717) is 19.6 Å². The molecule has 1 N–H and O–H groups in total. The van der Waals surface area contributed by atoms with E-state index in [1.165, 1.54) is 11.4 Å². The fraction of sp³-hybridized carbons (Fsp3) is 0.619. The van der Waals surface area contributed by atoms with Crippen molar-refractivity contribution in [3.05, 3.63) is 29.8 Å². The summed E-state index contributed by atoms with van der Waals surface area (Å²) in [6.45, 7) is 10.1. The molecule has 1 aliphatic heterocycles. The molecule has 0 saturated carbocycles. The maximum atomic E-state index is 12.6. The molecule has 10 heteroatoms. The number of ether oxygens (including phenoxy) is 1. The molecule has 176 valence electrons. The van der Waals surface area contributed by atoms with Gasteiger partial charge in [-0.15, -0.1) is 24.0 Å². The number of aliphatic imine (C=N–C) groups is 1. The van der Waals surface area contributed by atoms with Gasteiger partial charge in [-0.25, -0.2) is 13.4 Å². The molecule has 0 amide bonds. The van der Waals surface area contributed by atoms with E-state index in [-0.39, 0.29) is 52.7 Å². The number of methoxy groups -OCH3 is 1. The van der Waals surface area contributed by atoms with Crippen molar-refractivity contribution >= 4 is 45.9 Å². The molecule has 1 aromatic rings. The smallest absolute Gasteiger partial charge is 0.310 e. The number of nitrogens with zero attached hydrogens (tertiary/aromatic N) is 3. The molecule has 1 saturated heterocycles. The molecule has 8 nitrogen and oxygen atoms in total. The Morgan fingerprint density at radius 1 is 1.29 bits per heavy atom. The Labute approximate surface area is 203 Å². The number of benzene rings is 1. The zero-order chi connectivity index (χ0) is 22.5. The van der Waals surface area contributed by atoms with Crippen molar-refractivity contribution in [1.29, 1.82) is 0 Å². The molecule has 2 rings (SSSR count). The first-order valence-corrected chi connectivity index (χ1v) is 11.7. The SMILES string of the molecule is CCNC(=NCc1ccc(S(=O)(=O)N(C)C(C)C)cc1)N1CC(C)C(C(=O)OC)C1.I. The van der Waals surface area contributed by atoms with Gasteiger partial charge in [0.2, 0.25) is 10.0 Å². The summed E-state index contributed by atoms with van der Waals surface area (Å²) < 4.78 is 31.5. The zero-order valence-electron chi connectivity index (χ0n) is 19.2. The van der Waals surface area contributed by atoms with Crippen molar-refractivity contribution in [2.45, 2.75) is 45.2 Å². The lowest BCUT2D eigenvalue weighted by Crippen LogP contribution is -2.40. The summed E-state index contributed by atoms with van der Waals surface area (Å²) in [6.07, 6.45) is 0. The quantitative estimate of drug-likeness (QED) is 0.236. The summed E-state index contributed by atoms with van der Waals surface area (Å²) in [4.78, 5) is 19.0. The standard InChI is InChI=1S/C21H34N4O4S.HI/c1-7-22-21(25-13-16(4)19(14-25)20(26)29-6)23-12-17-8-10-18(11-9-17)30(27,28)24(5)15(2)3;/h8-11,15-16,19H,7,12-14H2,1-6H3,(H,22,23);1H. The van der Waals surface area contributed by atoms with Gasteiger partial charge in [-0.05, 0) is 44.4 Å². The summed E-state index contributed by atoms with van der Waals surface area (Å²) in [5.41, 5.74) is 0.910. The number of sulfonamides is 1. The predicted octanol–water partition coefficient (Wildman–Crippen LogP) is 2.54. The Hall–Kier alpha value is -1.40. The molecule has 0 aromatic heterocycles. The average Bonchev–Trinajstić information content (AvgIpc) is 3.11. The van der Waals surface area contributed by atoms with Crippen LogP contribution in [-0.2, 0) is 26.1 Å². The van der Waals surface area contributed by atoms with E-state index < -0.39 is 10.0 Å². The second-order valence-corrected chi connectivity index (χ2v) is 9.94. The Kier molecular flexibility index (Phi) is 10.7. The van der Waals surface area contributed by atoms with Gasteiger partial charge in [0.15, 0.2) is 5.96 Å². The van der Waals surface area contributed by atoms with E-state index in [1.54, 1.807) is 31.3 Å². The number of esters is 1. The van der Waals surface area contributed by atoms with Gasteiger partial charge in [-0.2, -0.15) is 4.31 Å². The number of carbonyl (C=O) groups excluding carboxylic acids is 1. The molecule has 2 atom stereocenters. The zero-order valence-corrected chi connectivity index (χ0v) is 22.3. The minimum atomic E-state index is -3.50. The monoisotopic (exact) mass is 566 g/mol. The normalized spacial score (nSPS) is 19.5. The summed E-state index contributed by atoms with van der Waals surface area (Å²) in [5, 5.41) is 3.28. The third kappa shape index (κ3) is 6.79. The van der Waals surface area contributed by atoms with Gasteiger partial charge >= 0.3 is 5.97 Å². The van der Waals surface area contributed by atoms with Gasteiger partial charge in [-0.1, -0.05) is 19.1 Å². The van der Waals surface area contributed by atoms with Crippen LogP contribution in [0.15, 0.2) is 34.2 Å². The number of likely N-dealkylation sites (tertiary alicyclic amines) is 1. The van der Waals surface area contributed by atoms with Crippen LogP contribution < -0.4 is 5.32 Å². The summed E-state index contributed by atoms with van der Waals surface area (Å²) >= 11 is 0. The highest BCUT2D eigenvalue weighted by molar-refractivity contribution is 14.0. The largest absolute Gasteiger partial charge is 0.469 e. The molecular formula is C21H35IN4O4S. The number of hydrogen-bond donors (Lipinski definition) is 1. The molecule has 2 unspecified atom stereocenters. The first-order chi connectivity index (χ1) is 14.1. The van der Waals surface area contributed by atoms with Crippen LogP contribution in [0.25, 0.3) is 0 Å². The van der Waals surface area contributed by atoms with Crippen LogP contribution in [0, 0.1) is 11.8 Å². The fourth-order valence-electron chi connectivity index (χ4n) is 3.40. The van der Waals surface area contributed by atoms with Crippen LogP contribution in [0.3, 0.4) is 0 Å². The molecule has 1 aromatic carbocycles. The number of nitrogens with one attached hydrogen (secondary N) is 1. The van der Waals surface area contributed by atoms with E-state index in [2.05, 4.69) is 10.2 Å². The highest BCUT2D eigenvalue weighted by atomic mass is 127. The third-order valence-electron chi connectivity index (χ3n) is 5.49. The molecule has 1 aliphatic rings. The highest BCUT2D eigenvalue weighted by Crippen LogP contribution is 2.24. The molecule has 0 spiro atoms. The molecule has 31 heavy (non-hydrogen) atoms. The molecule has 0 aliphatic carbocycles. The van der Waals surface area contributed by atoms with Crippen LogP contribution in [0.2, 0.25) is 0 Å². The van der Waals surface area contributed by atoms with Gasteiger partial charge in [-0.3, -0.25) is 4.79 Å². The number of rotatable bonds is 7. The first kappa shape index (κ1) is 27.6. The lowest BCUT2D eigenvalue weighted by Gasteiger charge is -2.22. The van der Waals surface area contributed by atoms with Crippen molar-refractivity contribution in [2.24, 2.45) is 16.8 Å². The number of carbonyl (C=O) groups is 1. The number of halogens is 1. The molecule has 0 radical (unpaired) electrons. The molecule has 0 bridgehead atoms. The third-order valence-corrected chi connectivity index (χ3v) is 7.54. The summed E-state index contributed by atoms with van der Waals surface area (Å²) in [5.74, 6) is 0.570. The van der Waals surface area contributed by atoms with E-state index in [1.807, 2.05) is 27.7 Å². The number of guanidine groups is 1. The molecule has 1 fully saturated rings. The van der Waals surface area contributed by atoms with Gasteiger partial charge in [0.1, 0.15) is 0 Å². The van der Waals surface area contributed by atoms with Crippen molar-refractivity contribution in [2.75, 3.05) is 33.8 Å². The van der Waals surface area contributed by atoms with Crippen LogP contribution >= 0.6 is 24.0 Å². The molecular weight excluding hydrogens is 531 g/mol. The topological polar surface area (TPSA) is 91.3 Å². The van der Waals surface area contributed by atoms with Gasteiger partial charge in [0.25, 0.3) is 0 Å². The maximum absolute atomic E-state index is 12.6. The first-order valence-electron chi connectivity index (χ1n) is 10.3. The van der Waals surface area contributed by atoms with Gasteiger partial charge in [0, 0.05) is 32.7 Å². The Morgan fingerprint density at radius 2 is 1.90 bits per heavy atom. The van der Waals surface area contributed by atoms with Crippen LogP contribution in [0.5, 0.6) is 0 Å². The van der Waals surface area contributed by atoms with Crippen molar-refractivity contribution in [3.8, 4) is 0 Å². The van der Waals surface area contributed by atoms with E-state index in [4.69, 9.17) is 9.73 Å². The van der Waals surface area contributed by atoms with Crippen molar-refractivity contribution < 1.29 is 17.9 Å². The Morgan fingerprint density at radius 3 is 2.42 bits per heavy atom. The van der Waals surface area contributed by atoms with Crippen molar-refractivity contribution in [1.82, 2.24) is 14.5 Å². The summed E-state index contributed by atoms with van der Waals surface area (Å²) in [6, 6.07) is 6.71. The van der Waals surface area contributed by atoms with Crippen LogP contribution in [-0.4, -0.2) is 69.4 Å². The van der Waals surface area contributed by atoms with E-state index in [0.717, 1.165) is 18.1 Å². The average molecular weight is 567 g/mol. The number of hydrogen-bond acceptors (Lipinski definition) is 5. The second kappa shape index (κ2) is 12.0. The van der Waals surface area contributed by atoms with Crippen LogP contribution in [0.1, 0.15) is 33.3 Å². The van der Waals surface area contributed by atoms with E-state index >= 15 is 0 Å². The van der Waals surface area contributed by atoms with Crippen molar-refractivity contribution in [3.63, 3.8) is 0 Å². The highest BCUT2D eigenvalue weighted by Gasteiger charge is 2.36.